The fraction of sp³-hybridized carbons (Fsp3) is 0.167. The number of anilines is 1. The molecule has 1 heterocycles. The summed E-state index contributed by atoms with van der Waals surface area (Å²) in [6, 6.07) is 10.7. The lowest BCUT2D eigenvalue weighted by Crippen LogP contribution is -2.11. The van der Waals surface area contributed by atoms with Gasteiger partial charge in [-0.1, -0.05) is 13.0 Å². The summed E-state index contributed by atoms with van der Waals surface area (Å²) in [6.45, 7) is 2.08. The quantitative estimate of drug-likeness (QED) is 0.857. The first-order valence-corrected chi connectivity index (χ1v) is 8.76. The standard InChI is InChI=1S/C12H13NO2S3/c1-2-16-11-7-5-10(6-8-11)13-18(14,15)12-4-3-9-17-12/h3-9,13H,2H2,1H3. The third-order valence-electron chi connectivity index (χ3n) is 2.18. The van der Waals surface area contributed by atoms with E-state index in [0.717, 1.165) is 10.6 Å². The molecule has 0 aliphatic heterocycles. The van der Waals surface area contributed by atoms with Crippen molar-refractivity contribution in [2.75, 3.05) is 10.5 Å². The van der Waals surface area contributed by atoms with Crippen LogP contribution in [0.5, 0.6) is 0 Å². The molecule has 96 valence electrons. The van der Waals surface area contributed by atoms with Crippen molar-refractivity contribution >= 4 is 38.8 Å². The Bertz CT molecular complexity index is 589. The first-order chi connectivity index (χ1) is 8.62. The van der Waals surface area contributed by atoms with Crippen molar-refractivity contribution in [2.24, 2.45) is 0 Å². The summed E-state index contributed by atoms with van der Waals surface area (Å²) >= 11 is 2.93. The van der Waals surface area contributed by atoms with Gasteiger partial charge in [0.05, 0.1) is 0 Å². The van der Waals surface area contributed by atoms with Crippen molar-refractivity contribution in [2.45, 2.75) is 16.0 Å². The molecule has 0 fully saturated rings. The summed E-state index contributed by atoms with van der Waals surface area (Å²) in [5.74, 6) is 1.00. The molecule has 0 saturated carbocycles. The molecule has 0 saturated heterocycles. The Labute approximate surface area is 115 Å². The normalized spacial score (nSPS) is 11.4. The van der Waals surface area contributed by atoms with E-state index in [9.17, 15) is 8.42 Å². The molecule has 2 rings (SSSR count). The Morgan fingerprint density at radius 3 is 2.50 bits per heavy atom. The van der Waals surface area contributed by atoms with Gasteiger partial charge in [-0.05, 0) is 41.5 Å². The third kappa shape index (κ3) is 3.28. The Balaban J connectivity index is 2.14. The molecule has 0 aliphatic rings. The first-order valence-electron chi connectivity index (χ1n) is 5.41. The number of rotatable bonds is 5. The first kappa shape index (κ1) is 13.5. The summed E-state index contributed by atoms with van der Waals surface area (Å²) in [5, 5.41) is 1.75. The maximum atomic E-state index is 12.0. The van der Waals surface area contributed by atoms with Crippen LogP contribution in [0.3, 0.4) is 0 Å². The molecule has 0 amide bonds. The van der Waals surface area contributed by atoms with Gasteiger partial charge in [0, 0.05) is 10.6 Å². The van der Waals surface area contributed by atoms with Gasteiger partial charge in [0.1, 0.15) is 4.21 Å². The van der Waals surface area contributed by atoms with Gasteiger partial charge in [-0.3, -0.25) is 4.72 Å². The number of thiophene rings is 1. The zero-order chi connectivity index (χ0) is 13.0. The number of thioether (sulfide) groups is 1. The predicted octanol–water partition coefficient (Wildman–Crippen LogP) is 3.66. The molecular weight excluding hydrogens is 286 g/mol. The van der Waals surface area contributed by atoms with Crippen molar-refractivity contribution in [3.8, 4) is 0 Å². The molecule has 1 N–H and O–H groups in total. The van der Waals surface area contributed by atoms with Gasteiger partial charge < -0.3 is 0 Å². The van der Waals surface area contributed by atoms with E-state index in [1.54, 1.807) is 41.4 Å². The van der Waals surface area contributed by atoms with E-state index in [1.807, 2.05) is 12.1 Å². The zero-order valence-corrected chi connectivity index (χ0v) is 12.2. The van der Waals surface area contributed by atoms with Gasteiger partial charge in [0.2, 0.25) is 0 Å². The van der Waals surface area contributed by atoms with E-state index in [4.69, 9.17) is 0 Å². The molecular formula is C12H13NO2S3. The zero-order valence-electron chi connectivity index (χ0n) is 9.79. The van der Waals surface area contributed by atoms with E-state index < -0.39 is 10.0 Å². The number of hydrogen-bond acceptors (Lipinski definition) is 4. The molecule has 0 spiro atoms. The fourth-order valence-corrected chi connectivity index (χ4v) is 4.12. The van der Waals surface area contributed by atoms with E-state index in [1.165, 1.54) is 11.3 Å². The van der Waals surface area contributed by atoms with Crippen molar-refractivity contribution in [1.29, 1.82) is 0 Å². The lowest BCUT2D eigenvalue weighted by atomic mass is 10.3. The average Bonchev–Trinajstić information content (AvgIpc) is 2.86. The van der Waals surface area contributed by atoms with Crippen LogP contribution in [0.15, 0.2) is 50.9 Å². The topological polar surface area (TPSA) is 46.2 Å². The largest absolute Gasteiger partial charge is 0.279 e. The third-order valence-corrected chi connectivity index (χ3v) is 5.85. The summed E-state index contributed by atoms with van der Waals surface area (Å²) in [6.07, 6.45) is 0. The van der Waals surface area contributed by atoms with Crippen LogP contribution < -0.4 is 4.72 Å². The second kappa shape index (κ2) is 5.77. The molecule has 6 heteroatoms. The molecule has 0 aliphatic carbocycles. The second-order valence-electron chi connectivity index (χ2n) is 3.49. The number of sulfonamides is 1. The highest BCUT2D eigenvalue weighted by atomic mass is 32.2. The summed E-state index contributed by atoms with van der Waals surface area (Å²) in [7, 11) is -3.43. The van der Waals surface area contributed by atoms with Crippen molar-refractivity contribution in [3.05, 3.63) is 41.8 Å². The number of hydrogen-bond donors (Lipinski definition) is 1. The van der Waals surface area contributed by atoms with Crippen LogP contribution in [-0.4, -0.2) is 14.2 Å². The highest BCUT2D eigenvalue weighted by Gasteiger charge is 2.14. The lowest BCUT2D eigenvalue weighted by molar-refractivity contribution is 0.603. The van der Waals surface area contributed by atoms with Gasteiger partial charge >= 0.3 is 0 Å². The minimum Gasteiger partial charge on any atom is -0.279 e. The van der Waals surface area contributed by atoms with Gasteiger partial charge in [-0.25, -0.2) is 8.42 Å². The smallest absolute Gasteiger partial charge is 0.271 e. The van der Waals surface area contributed by atoms with Crippen molar-refractivity contribution in [3.63, 3.8) is 0 Å². The Morgan fingerprint density at radius 1 is 1.22 bits per heavy atom. The Hall–Kier alpha value is -0.980. The predicted molar refractivity (Wildman–Crippen MR) is 78.0 cm³/mol. The number of benzene rings is 1. The van der Waals surface area contributed by atoms with Gasteiger partial charge in [0.15, 0.2) is 0 Å². The number of nitrogens with one attached hydrogen (secondary N) is 1. The van der Waals surface area contributed by atoms with E-state index in [0.29, 0.717) is 9.90 Å². The molecule has 1 aromatic carbocycles. The van der Waals surface area contributed by atoms with Crippen LogP contribution >= 0.6 is 23.1 Å². The lowest BCUT2D eigenvalue weighted by Gasteiger charge is -2.06. The van der Waals surface area contributed by atoms with Crippen LogP contribution in [-0.2, 0) is 10.0 Å². The molecule has 1 aromatic heterocycles. The molecule has 0 radical (unpaired) electrons. The van der Waals surface area contributed by atoms with Gasteiger partial charge in [-0.2, -0.15) is 0 Å². The van der Waals surface area contributed by atoms with Crippen LogP contribution in [0.2, 0.25) is 0 Å². The summed E-state index contributed by atoms with van der Waals surface area (Å²) in [4.78, 5) is 1.14. The summed E-state index contributed by atoms with van der Waals surface area (Å²) in [5.41, 5.74) is 0.587. The van der Waals surface area contributed by atoms with Gasteiger partial charge in [0.25, 0.3) is 10.0 Å². The minimum atomic E-state index is -3.43. The monoisotopic (exact) mass is 299 g/mol. The van der Waals surface area contributed by atoms with Crippen LogP contribution in [0.1, 0.15) is 6.92 Å². The van der Waals surface area contributed by atoms with Crippen LogP contribution in [0, 0.1) is 0 Å². The SMILES string of the molecule is CCSc1ccc(NS(=O)(=O)c2cccs2)cc1. The molecule has 0 atom stereocenters. The van der Waals surface area contributed by atoms with Crippen molar-refractivity contribution < 1.29 is 8.42 Å². The van der Waals surface area contributed by atoms with Gasteiger partial charge in [-0.15, -0.1) is 23.1 Å². The molecule has 0 unspecified atom stereocenters. The minimum absolute atomic E-state index is 0.328. The second-order valence-corrected chi connectivity index (χ2v) is 7.69. The molecule has 2 aromatic rings. The Kier molecular flexibility index (Phi) is 4.31. The highest BCUT2D eigenvalue weighted by Crippen LogP contribution is 2.23. The van der Waals surface area contributed by atoms with Crippen molar-refractivity contribution in [1.82, 2.24) is 0 Å². The maximum Gasteiger partial charge on any atom is 0.271 e. The van der Waals surface area contributed by atoms with E-state index in [2.05, 4.69) is 11.6 Å². The summed E-state index contributed by atoms with van der Waals surface area (Å²) < 4.78 is 26.8. The van der Waals surface area contributed by atoms with Crippen LogP contribution in [0.25, 0.3) is 0 Å². The molecule has 0 bridgehead atoms. The maximum absolute atomic E-state index is 12.0. The molecule has 18 heavy (non-hydrogen) atoms. The highest BCUT2D eigenvalue weighted by molar-refractivity contribution is 7.99. The average molecular weight is 299 g/mol. The van der Waals surface area contributed by atoms with E-state index >= 15 is 0 Å². The Morgan fingerprint density at radius 2 is 1.94 bits per heavy atom. The fourth-order valence-electron chi connectivity index (χ4n) is 1.41. The van der Waals surface area contributed by atoms with Crippen LogP contribution in [0.4, 0.5) is 5.69 Å². The molecule has 3 nitrogen and oxygen atoms in total. The van der Waals surface area contributed by atoms with E-state index in [-0.39, 0.29) is 0 Å².